The third-order valence-electron chi connectivity index (χ3n) is 5.72. The van der Waals surface area contributed by atoms with E-state index in [0.29, 0.717) is 19.1 Å². The van der Waals surface area contributed by atoms with Crippen LogP contribution in [-0.2, 0) is 4.74 Å². The molecule has 2 aromatic rings. The number of nitrogens with zero attached hydrogens (tertiary/aromatic N) is 1. The summed E-state index contributed by atoms with van der Waals surface area (Å²) in [6.07, 6.45) is 1.57. The Hall–Kier alpha value is -2.33. The smallest absolute Gasteiger partial charge is 0.410 e. The average molecular weight is 351 g/mol. The predicted molar refractivity (Wildman–Crippen MR) is 101 cm³/mol. The molecule has 0 radical (unpaired) electrons. The van der Waals surface area contributed by atoms with Crippen LogP contribution in [-0.4, -0.2) is 41.9 Å². The highest BCUT2D eigenvalue weighted by Gasteiger charge is 2.33. The summed E-state index contributed by atoms with van der Waals surface area (Å²) in [5.41, 5.74) is 4.88. The van der Waals surface area contributed by atoms with E-state index in [1.54, 1.807) is 4.90 Å². The van der Waals surface area contributed by atoms with Crippen LogP contribution in [0.1, 0.15) is 36.8 Å². The van der Waals surface area contributed by atoms with E-state index in [1.165, 1.54) is 22.3 Å². The van der Waals surface area contributed by atoms with Gasteiger partial charge in [-0.3, -0.25) is 0 Å². The number of benzene rings is 2. The van der Waals surface area contributed by atoms with Crippen molar-refractivity contribution in [1.29, 1.82) is 0 Å². The van der Waals surface area contributed by atoms with Gasteiger partial charge in [0.1, 0.15) is 6.61 Å². The van der Waals surface area contributed by atoms with Crippen molar-refractivity contribution in [2.24, 2.45) is 5.92 Å². The second-order valence-electron chi connectivity index (χ2n) is 7.48. The number of amides is 1. The van der Waals surface area contributed by atoms with Gasteiger partial charge >= 0.3 is 6.09 Å². The van der Waals surface area contributed by atoms with Crippen LogP contribution in [0, 0.1) is 5.92 Å². The standard InChI is InChI=1S/C22H25NO3/c1-15-10-11-16(13-24)23(12-15)22(25)26-14-21-19-8-4-2-6-17(19)18-7-3-5-9-20(18)21/h2-9,15-16,21,24H,10-14H2,1H3/t15-,16+/m1/s1. The average Bonchev–Trinajstić information content (AvgIpc) is 3.00. The molecule has 4 rings (SSSR count). The molecule has 2 aromatic carbocycles. The number of ether oxygens (including phenoxy) is 1. The van der Waals surface area contributed by atoms with E-state index in [1.807, 2.05) is 24.3 Å². The SMILES string of the molecule is C[C@@H]1CC[C@@H](CO)N(C(=O)OCC2c3ccccc3-c3ccccc32)C1. The van der Waals surface area contributed by atoms with E-state index >= 15 is 0 Å². The van der Waals surface area contributed by atoms with E-state index in [0.717, 1.165) is 12.8 Å². The zero-order valence-corrected chi connectivity index (χ0v) is 15.1. The molecule has 136 valence electrons. The lowest BCUT2D eigenvalue weighted by Crippen LogP contribution is -2.48. The first-order valence-corrected chi connectivity index (χ1v) is 9.41. The minimum absolute atomic E-state index is 0.00306. The summed E-state index contributed by atoms with van der Waals surface area (Å²) < 4.78 is 5.74. The normalized spacial score (nSPS) is 22.0. The molecule has 0 aromatic heterocycles. The Bertz CT molecular complexity index is 758. The summed E-state index contributed by atoms with van der Waals surface area (Å²) in [4.78, 5) is 14.4. The van der Waals surface area contributed by atoms with Gasteiger partial charge in [0.2, 0.25) is 0 Å². The van der Waals surface area contributed by atoms with Crippen molar-refractivity contribution in [2.75, 3.05) is 19.8 Å². The predicted octanol–water partition coefficient (Wildman–Crippen LogP) is 4.03. The van der Waals surface area contributed by atoms with Gasteiger partial charge in [-0.25, -0.2) is 4.79 Å². The third-order valence-corrected chi connectivity index (χ3v) is 5.72. The molecule has 1 aliphatic heterocycles. The van der Waals surface area contributed by atoms with Gasteiger partial charge in [0.05, 0.1) is 12.6 Å². The largest absolute Gasteiger partial charge is 0.448 e. The summed E-state index contributed by atoms with van der Waals surface area (Å²) in [6.45, 7) is 3.12. The molecule has 1 amide bonds. The van der Waals surface area contributed by atoms with Crippen molar-refractivity contribution in [1.82, 2.24) is 4.90 Å². The second-order valence-corrected chi connectivity index (χ2v) is 7.48. The zero-order chi connectivity index (χ0) is 18.1. The first-order chi connectivity index (χ1) is 12.7. The molecular formula is C22H25NO3. The quantitative estimate of drug-likeness (QED) is 0.908. The number of hydrogen-bond acceptors (Lipinski definition) is 3. The number of rotatable bonds is 3. The molecule has 0 saturated carbocycles. The molecule has 1 saturated heterocycles. The van der Waals surface area contributed by atoms with Gasteiger partial charge in [0.15, 0.2) is 0 Å². The third kappa shape index (κ3) is 2.99. The lowest BCUT2D eigenvalue weighted by Gasteiger charge is -2.37. The van der Waals surface area contributed by atoms with Crippen LogP contribution in [0.4, 0.5) is 4.79 Å². The fraction of sp³-hybridized carbons (Fsp3) is 0.409. The monoisotopic (exact) mass is 351 g/mol. The van der Waals surface area contributed by atoms with Gasteiger partial charge in [0, 0.05) is 12.5 Å². The Morgan fingerprint density at radius 3 is 2.31 bits per heavy atom. The fourth-order valence-electron chi connectivity index (χ4n) is 4.30. The number of aliphatic hydroxyl groups is 1. The maximum absolute atomic E-state index is 12.7. The van der Waals surface area contributed by atoms with Crippen LogP contribution in [0.15, 0.2) is 48.5 Å². The van der Waals surface area contributed by atoms with Crippen molar-refractivity contribution < 1.29 is 14.6 Å². The molecule has 1 aliphatic carbocycles. The van der Waals surface area contributed by atoms with Crippen LogP contribution in [0.3, 0.4) is 0 Å². The summed E-state index contributed by atoms with van der Waals surface area (Å²) in [7, 11) is 0. The Balaban J connectivity index is 1.52. The van der Waals surface area contributed by atoms with Gasteiger partial charge in [-0.05, 0) is 41.0 Å². The molecular weight excluding hydrogens is 326 g/mol. The Kier molecular flexibility index (Phi) is 4.68. The van der Waals surface area contributed by atoms with Gasteiger partial charge < -0.3 is 14.7 Å². The maximum Gasteiger partial charge on any atom is 0.410 e. The lowest BCUT2D eigenvalue weighted by molar-refractivity contribution is 0.0404. The molecule has 1 fully saturated rings. The molecule has 4 nitrogen and oxygen atoms in total. The topological polar surface area (TPSA) is 49.8 Å². The lowest BCUT2D eigenvalue weighted by atomic mass is 9.95. The van der Waals surface area contributed by atoms with Crippen molar-refractivity contribution in [3.8, 4) is 11.1 Å². The second kappa shape index (κ2) is 7.12. The first kappa shape index (κ1) is 17.1. The minimum atomic E-state index is -0.308. The van der Waals surface area contributed by atoms with Gasteiger partial charge in [-0.2, -0.15) is 0 Å². The highest BCUT2D eigenvalue weighted by atomic mass is 16.6. The number of likely N-dealkylation sites (tertiary alicyclic amines) is 1. The van der Waals surface area contributed by atoms with E-state index in [4.69, 9.17) is 4.74 Å². The van der Waals surface area contributed by atoms with Crippen LogP contribution in [0.25, 0.3) is 11.1 Å². The summed E-state index contributed by atoms with van der Waals surface area (Å²) >= 11 is 0. The highest BCUT2D eigenvalue weighted by Crippen LogP contribution is 2.44. The number of carbonyl (C=O) groups is 1. The van der Waals surface area contributed by atoms with Crippen LogP contribution in [0.2, 0.25) is 0 Å². The Morgan fingerprint density at radius 2 is 1.69 bits per heavy atom. The minimum Gasteiger partial charge on any atom is -0.448 e. The number of aliphatic hydroxyl groups excluding tert-OH is 1. The zero-order valence-electron chi connectivity index (χ0n) is 15.1. The summed E-state index contributed by atoms with van der Waals surface area (Å²) in [6, 6.07) is 16.5. The number of hydrogen-bond donors (Lipinski definition) is 1. The number of carbonyl (C=O) groups excluding carboxylic acids is 1. The van der Waals surface area contributed by atoms with Crippen LogP contribution in [0.5, 0.6) is 0 Å². The molecule has 26 heavy (non-hydrogen) atoms. The molecule has 0 spiro atoms. The molecule has 0 bridgehead atoms. The first-order valence-electron chi connectivity index (χ1n) is 9.41. The van der Waals surface area contributed by atoms with Crippen LogP contribution >= 0.6 is 0 Å². The number of fused-ring (bicyclic) bond motifs is 3. The molecule has 4 heteroatoms. The fourth-order valence-corrected chi connectivity index (χ4v) is 4.30. The molecule has 2 aliphatic rings. The van der Waals surface area contributed by atoms with Crippen LogP contribution < -0.4 is 0 Å². The van der Waals surface area contributed by atoms with Gasteiger partial charge in [0.25, 0.3) is 0 Å². The van der Waals surface area contributed by atoms with E-state index in [-0.39, 0.29) is 24.7 Å². The Labute approximate surface area is 154 Å². The highest BCUT2D eigenvalue weighted by molar-refractivity contribution is 5.79. The van der Waals surface area contributed by atoms with E-state index in [9.17, 15) is 9.90 Å². The van der Waals surface area contributed by atoms with Gasteiger partial charge in [-0.1, -0.05) is 55.5 Å². The van der Waals surface area contributed by atoms with Crippen molar-refractivity contribution in [2.45, 2.75) is 31.7 Å². The molecule has 1 N–H and O–H groups in total. The Morgan fingerprint density at radius 1 is 1.08 bits per heavy atom. The van der Waals surface area contributed by atoms with Gasteiger partial charge in [-0.15, -0.1) is 0 Å². The molecule has 2 atom stereocenters. The van der Waals surface area contributed by atoms with Crippen molar-refractivity contribution in [3.63, 3.8) is 0 Å². The number of piperidine rings is 1. The molecule has 1 heterocycles. The summed E-state index contributed by atoms with van der Waals surface area (Å²) in [5, 5.41) is 9.59. The van der Waals surface area contributed by atoms with Crippen molar-refractivity contribution in [3.05, 3.63) is 59.7 Å². The maximum atomic E-state index is 12.7. The van der Waals surface area contributed by atoms with Crippen molar-refractivity contribution >= 4 is 6.09 Å². The molecule has 0 unspecified atom stereocenters. The summed E-state index contributed by atoms with van der Waals surface area (Å²) in [5.74, 6) is 0.513. The van der Waals surface area contributed by atoms with E-state index in [2.05, 4.69) is 31.2 Å². The van der Waals surface area contributed by atoms with E-state index < -0.39 is 0 Å².